The van der Waals surface area contributed by atoms with Crippen molar-refractivity contribution < 1.29 is 14.6 Å². The summed E-state index contributed by atoms with van der Waals surface area (Å²) in [6.07, 6.45) is 3.28. The number of hydrogen-bond acceptors (Lipinski definition) is 3. The minimum atomic E-state index is 0.0119. The Labute approximate surface area is 113 Å². The van der Waals surface area contributed by atoms with Gasteiger partial charge in [-0.3, -0.25) is 4.79 Å². The minimum Gasteiger partial charge on any atom is -0.508 e. The number of aromatic hydroxyl groups is 1. The van der Waals surface area contributed by atoms with Crippen LogP contribution in [0.4, 0.5) is 0 Å². The molecule has 0 aliphatic carbocycles. The first-order chi connectivity index (χ1) is 9.19. The van der Waals surface area contributed by atoms with Gasteiger partial charge < -0.3 is 14.7 Å². The van der Waals surface area contributed by atoms with E-state index < -0.39 is 0 Å². The van der Waals surface area contributed by atoms with Gasteiger partial charge in [-0.05, 0) is 49.1 Å². The second kappa shape index (κ2) is 6.27. The summed E-state index contributed by atoms with van der Waals surface area (Å²) in [5, 5.41) is 9.18. The molecule has 1 heterocycles. The molecule has 4 nitrogen and oxygen atoms in total. The van der Waals surface area contributed by atoms with Crippen molar-refractivity contribution in [1.29, 1.82) is 0 Å². The Morgan fingerprint density at radius 2 is 2.00 bits per heavy atom. The molecule has 0 unspecified atom stereocenters. The smallest absolute Gasteiger partial charge is 0.245 e. The lowest BCUT2D eigenvalue weighted by Crippen LogP contribution is -2.38. The van der Waals surface area contributed by atoms with Gasteiger partial charge in [0.2, 0.25) is 5.91 Å². The van der Waals surface area contributed by atoms with Crippen LogP contribution >= 0.6 is 0 Å². The maximum Gasteiger partial charge on any atom is 0.245 e. The summed E-state index contributed by atoms with van der Waals surface area (Å²) in [5.41, 5.74) is 0. The lowest BCUT2D eigenvalue weighted by Gasteiger charge is -2.31. The van der Waals surface area contributed by atoms with Gasteiger partial charge in [-0.25, -0.2) is 0 Å². The van der Waals surface area contributed by atoms with Crippen LogP contribution in [0, 0.1) is 5.92 Å². The van der Waals surface area contributed by atoms with E-state index in [0.717, 1.165) is 31.7 Å². The van der Waals surface area contributed by atoms with E-state index in [9.17, 15) is 9.90 Å². The quantitative estimate of drug-likeness (QED) is 0.845. The van der Waals surface area contributed by atoms with Crippen molar-refractivity contribution >= 4 is 5.91 Å². The highest BCUT2D eigenvalue weighted by Crippen LogP contribution is 2.21. The van der Waals surface area contributed by atoms with Crippen LogP contribution in [0.25, 0.3) is 0 Å². The van der Waals surface area contributed by atoms with E-state index in [1.807, 2.05) is 4.90 Å². The number of benzene rings is 1. The third kappa shape index (κ3) is 3.74. The summed E-state index contributed by atoms with van der Waals surface area (Å²) >= 11 is 0. The molecule has 4 heteroatoms. The van der Waals surface area contributed by atoms with Crippen molar-refractivity contribution in [2.75, 3.05) is 19.7 Å². The summed E-state index contributed by atoms with van der Waals surface area (Å²) in [4.78, 5) is 13.3. The number of ether oxygens (including phenoxy) is 1. The lowest BCUT2D eigenvalue weighted by atomic mass is 9.98. The van der Waals surface area contributed by atoms with Crippen LogP contribution in [0.2, 0.25) is 0 Å². The zero-order valence-corrected chi connectivity index (χ0v) is 10.9. The molecule has 1 aliphatic heterocycles. The Morgan fingerprint density at radius 3 is 2.58 bits per heavy atom. The number of carbonyl (C=O) groups excluding carboxylic acids is 1. The summed E-state index contributed by atoms with van der Waals surface area (Å²) in [5.74, 6) is 1.49. The van der Waals surface area contributed by atoms with E-state index in [1.165, 1.54) is 6.08 Å². The Hall–Kier alpha value is -1.97. The number of carbonyl (C=O) groups is 1. The largest absolute Gasteiger partial charge is 0.508 e. The first kappa shape index (κ1) is 13.5. The van der Waals surface area contributed by atoms with Crippen LogP contribution < -0.4 is 4.74 Å². The number of phenols is 1. The van der Waals surface area contributed by atoms with Crippen LogP contribution in [0.5, 0.6) is 11.5 Å². The van der Waals surface area contributed by atoms with Crippen molar-refractivity contribution in [2.45, 2.75) is 12.8 Å². The van der Waals surface area contributed by atoms with E-state index in [-0.39, 0.29) is 11.7 Å². The molecular formula is C15H19NO3. The number of rotatable bonds is 4. The van der Waals surface area contributed by atoms with Crippen LogP contribution in [0.3, 0.4) is 0 Å². The minimum absolute atomic E-state index is 0.0119. The third-order valence-corrected chi connectivity index (χ3v) is 3.42. The maximum atomic E-state index is 11.4. The molecule has 0 radical (unpaired) electrons. The highest BCUT2D eigenvalue weighted by atomic mass is 16.5. The molecular weight excluding hydrogens is 242 g/mol. The Morgan fingerprint density at radius 1 is 1.37 bits per heavy atom. The van der Waals surface area contributed by atoms with Crippen LogP contribution in [0.1, 0.15) is 12.8 Å². The SMILES string of the molecule is C=CC(=O)N1CCC(COc2ccc(O)cc2)CC1. The number of phenolic OH excluding ortho intramolecular Hbond substituents is 1. The molecule has 1 aliphatic rings. The van der Waals surface area contributed by atoms with Crippen LogP contribution in [0.15, 0.2) is 36.9 Å². The fourth-order valence-electron chi connectivity index (χ4n) is 2.21. The zero-order valence-electron chi connectivity index (χ0n) is 10.9. The fourth-order valence-corrected chi connectivity index (χ4v) is 2.21. The van der Waals surface area contributed by atoms with Crippen molar-refractivity contribution in [2.24, 2.45) is 5.92 Å². The molecule has 1 saturated heterocycles. The van der Waals surface area contributed by atoms with Gasteiger partial charge in [-0.2, -0.15) is 0 Å². The van der Waals surface area contributed by atoms with Gasteiger partial charge in [0.1, 0.15) is 11.5 Å². The summed E-state index contributed by atoms with van der Waals surface area (Å²) < 4.78 is 5.69. The number of amides is 1. The Kier molecular flexibility index (Phi) is 4.44. The van der Waals surface area contributed by atoms with E-state index >= 15 is 0 Å². The predicted octanol–water partition coefficient (Wildman–Crippen LogP) is 2.20. The summed E-state index contributed by atoms with van der Waals surface area (Å²) in [6, 6.07) is 6.73. The first-order valence-corrected chi connectivity index (χ1v) is 6.52. The molecule has 1 N–H and O–H groups in total. The van der Waals surface area contributed by atoms with Gasteiger partial charge in [0.15, 0.2) is 0 Å². The molecule has 1 aromatic rings. The first-order valence-electron chi connectivity index (χ1n) is 6.52. The van der Waals surface area contributed by atoms with E-state index in [1.54, 1.807) is 24.3 Å². The standard InChI is InChI=1S/C15H19NO3/c1-2-15(18)16-9-7-12(8-10-16)11-19-14-5-3-13(17)4-6-14/h2-6,12,17H,1,7-11H2. The lowest BCUT2D eigenvalue weighted by molar-refractivity contribution is -0.127. The molecule has 0 atom stereocenters. The average molecular weight is 261 g/mol. The summed E-state index contributed by atoms with van der Waals surface area (Å²) in [6.45, 7) is 5.70. The average Bonchev–Trinajstić information content (AvgIpc) is 2.46. The molecule has 0 bridgehead atoms. The van der Waals surface area contributed by atoms with Gasteiger partial charge in [0, 0.05) is 13.1 Å². The van der Waals surface area contributed by atoms with Crippen LogP contribution in [-0.4, -0.2) is 35.6 Å². The summed E-state index contributed by atoms with van der Waals surface area (Å²) in [7, 11) is 0. The van der Waals surface area contributed by atoms with E-state index in [4.69, 9.17) is 4.74 Å². The van der Waals surface area contributed by atoms with Gasteiger partial charge in [0.05, 0.1) is 6.61 Å². The van der Waals surface area contributed by atoms with Gasteiger partial charge in [-0.1, -0.05) is 6.58 Å². The van der Waals surface area contributed by atoms with Crippen molar-refractivity contribution in [3.05, 3.63) is 36.9 Å². The highest BCUT2D eigenvalue weighted by Gasteiger charge is 2.21. The van der Waals surface area contributed by atoms with E-state index in [0.29, 0.717) is 12.5 Å². The van der Waals surface area contributed by atoms with Crippen molar-refractivity contribution in [1.82, 2.24) is 4.90 Å². The van der Waals surface area contributed by atoms with Gasteiger partial charge >= 0.3 is 0 Å². The molecule has 1 aromatic carbocycles. The second-order valence-corrected chi connectivity index (χ2v) is 4.78. The number of likely N-dealkylation sites (tertiary alicyclic amines) is 1. The topological polar surface area (TPSA) is 49.8 Å². The second-order valence-electron chi connectivity index (χ2n) is 4.78. The monoisotopic (exact) mass is 261 g/mol. The Bertz CT molecular complexity index is 433. The van der Waals surface area contributed by atoms with Gasteiger partial charge in [0.25, 0.3) is 0 Å². The molecule has 19 heavy (non-hydrogen) atoms. The molecule has 1 fully saturated rings. The normalized spacial score (nSPS) is 16.1. The maximum absolute atomic E-state index is 11.4. The van der Waals surface area contributed by atoms with E-state index in [2.05, 4.69) is 6.58 Å². The molecule has 0 saturated carbocycles. The highest BCUT2D eigenvalue weighted by molar-refractivity contribution is 5.87. The van der Waals surface area contributed by atoms with Crippen molar-refractivity contribution in [3.63, 3.8) is 0 Å². The fraction of sp³-hybridized carbons (Fsp3) is 0.400. The third-order valence-electron chi connectivity index (χ3n) is 3.42. The van der Waals surface area contributed by atoms with Crippen LogP contribution in [-0.2, 0) is 4.79 Å². The predicted molar refractivity (Wildman–Crippen MR) is 73.1 cm³/mol. The molecule has 102 valence electrons. The number of hydrogen-bond donors (Lipinski definition) is 1. The molecule has 2 rings (SSSR count). The molecule has 0 aromatic heterocycles. The van der Waals surface area contributed by atoms with Gasteiger partial charge in [-0.15, -0.1) is 0 Å². The Balaban J connectivity index is 1.75. The molecule has 1 amide bonds. The van der Waals surface area contributed by atoms with Crippen molar-refractivity contribution in [3.8, 4) is 11.5 Å². The molecule has 0 spiro atoms. The number of piperidine rings is 1. The number of nitrogens with zero attached hydrogens (tertiary/aromatic N) is 1. The zero-order chi connectivity index (χ0) is 13.7.